The zero-order chi connectivity index (χ0) is 14.9. The third-order valence-electron chi connectivity index (χ3n) is 4.27. The number of hydrogen-bond donors (Lipinski definition) is 1. The van der Waals surface area contributed by atoms with Gasteiger partial charge in [0.2, 0.25) is 0 Å². The fourth-order valence-corrected chi connectivity index (χ4v) is 2.70. The minimum atomic E-state index is -0.998. The molecule has 0 saturated carbocycles. The Balaban J connectivity index is 2.24. The number of amides is 1. The van der Waals surface area contributed by atoms with Crippen LogP contribution in [0.1, 0.15) is 53.0 Å². The normalized spacial score (nSPS) is 22.1. The van der Waals surface area contributed by atoms with E-state index in [0.717, 1.165) is 31.5 Å². The Hall–Kier alpha value is -1.84. The van der Waals surface area contributed by atoms with Gasteiger partial charge >= 0.3 is 5.97 Å². The number of carboxylic acids is 1. The molecule has 4 nitrogen and oxygen atoms in total. The molecule has 1 aliphatic heterocycles. The van der Waals surface area contributed by atoms with E-state index in [1.165, 1.54) is 6.07 Å². The number of benzene rings is 1. The van der Waals surface area contributed by atoms with Gasteiger partial charge in [-0.3, -0.25) is 4.79 Å². The van der Waals surface area contributed by atoms with Gasteiger partial charge in [-0.15, -0.1) is 0 Å². The number of hydrogen-bond acceptors (Lipinski definition) is 2. The Bertz CT molecular complexity index is 553. The lowest BCUT2D eigenvalue weighted by Gasteiger charge is -2.23. The summed E-state index contributed by atoms with van der Waals surface area (Å²) in [6.45, 7) is 7.64. The summed E-state index contributed by atoms with van der Waals surface area (Å²) in [6, 6.07) is 4.81. The summed E-state index contributed by atoms with van der Waals surface area (Å²) in [5.41, 5.74) is 1.63. The fraction of sp³-hybridized carbons (Fsp3) is 0.500. The molecule has 2 rings (SSSR count). The minimum Gasteiger partial charge on any atom is -0.478 e. The van der Waals surface area contributed by atoms with Crippen molar-refractivity contribution in [1.29, 1.82) is 0 Å². The summed E-state index contributed by atoms with van der Waals surface area (Å²) >= 11 is 0. The molecule has 1 aliphatic rings. The SMILES string of the molecule is CCC1(C)CCN(C(=O)c2cc(C)cc(C(=O)O)c2)C1. The highest BCUT2D eigenvalue weighted by Crippen LogP contribution is 2.33. The summed E-state index contributed by atoms with van der Waals surface area (Å²) < 4.78 is 0. The molecule has 0 aliphatic carbocycles. The average molecular weight is 275 g/mol. The highest BCUT2D eigenvalue weighted by atomic mass is 16.4. The predicted octanol–water partition coefficient (Wildman–Crippen LogP) is 2.96. The molecule has 1 aromatic rings. The highest BCUT2D eigenvalue weighted by Gasteiger charge is 2.34. The van der Waals surface area contributed by atoms with Crippen molar-refractivity contribution in [2.75, 3.05) is 13.1 Å². The third kappa shape index (κ3) is 2.84. The lowest BCUT2D eigenvalue weighted by Crippen LogP contribution is -2.31. The van der Waals surface area contributed by atoms with Gasteiger partial charge in [0.05, 0.1) is 5.56 Å². The molecule has 4 heteroatoms. The Morgan fingerprint density at radius 1 is 1.30 bits per heavy atom. The molecular formula is C16H21NO3. The van der Waals surface area contributed by atoms with Gasteiger partial charge in [0.25, 0.3) is 5.91 Å². The molecule has 108 valence electrons. The molecule has 1 aromatic carbocycles. The van der Waals surface area contributed by atoms with E-state index >= 15 is 0 Å². The van der Waals surface area contributed by atoms with Crippen LogP contribution in [0, 0.1) is 12.3 Å². The zero-order valence-corrected chi connectivity index (χ0v) is 12.3. The van der Waals surface area contributed by atoms with Crippen LogP contribution in [-0.4, -0.2) is 35.0 Å². The average Bonchev–Trinajstić information content (AvgIpc) is 2.80. The Morgan fingerprint density at radius 3 is 2.50 bits per heavy atom. The van der Waals surface area contributed by atoms with Gasteiger partial charge in [0, 0.05) is 18.7 Å². The van der Waals surface area contributed by atoms with Crippen molar-refractivity contribution < 1.29 is 14.7 Å². The third-order valence-corrected chi connectivity index (χ3v) is 4.27. The molecule has 1 heterocycles. The van der Waals surface area contributed by atoms with Crippen LogP contribution in [0.5, 0.6) is 0 Å². The fourth-order valence-electron chi connectivity index (χ4n) is 2.70. The van der Waals surface area contributed by atoms with E-state index in [9.17, 15) is 9.59 Å². The highest BCUT2D eigenvalue weighted by molar-refractivity contribution is 5.98. The first-order valence-electron chi connectivity index (χ1n) is 6.99. The van der Waals surface area contributed by atoms with Crippen LogP contribution in [0.15, 0.2) is 18.2 Å². The molecule has 1 amide bonds. The Labute approximate surface area is 119 Å². The quantitative estimate of drug-likeness (QED) is 0.922. The molecule has 0 bridgehead atoms. The maximum atomic E-state index is 12.5. The van der Waals surface area contributed by atoms with Gasteiger partial charge in [0.1, 0.15) is 0 Å². The number of carbonyl (C=O) groups is 2. The van der Waals surface area contributed by atoms with Crippen LogP contribution < -0.4 is 0 Å². The first-order valence-corrected chi connectivity index (χ1v) is 6.99. The molecule has 20 heavy (non-hydrogen) atoms. The number of carboxylic acid groups (broad SMARTS) is 1. The standard InChI is InChI=1S/C16H21NO3/c1-4-16(3)5-6-17(10-16)14(18)12-7-11(2)8-13(9-12)15(19)20/h7-9H,4-6,10H2,1-3H3,(H,19,20). The summed E-state index contributed by atoms with van der Waals surface area (Å²) in [7, 11) is 0. The summed E-state index contributed by atoms with van der Waals surface area (Å²) in [5, 5.41) is 9.08. The van der Waals surface area contributed by atoms with Gasteiger partial charge in [-0.05, 0) is 48.9 Å². The van der Waals surface area contributed by atoms with Crippen LogP contribution in [0.25, 0.3) is 0 Å². The van der Waals surface area contributed by atoms with Crippen LogP contribution in [0.3, 0.4) is 0 Å². The number of aromatic carboxylic acids is 1. The number of likely N-dealkylation sites (tertiary alicyclic amines) is 1. The number of nitrogens with zero attached hydrogens (tertiary/aromatic N) is 1. The van der Waals surface area contributed by atoms with E-state index in [0.29, 0.717) is 5.56 Å². The van der Waals surface area contributed by atoms with Crippen LogP contribution in [-0.2, 0) is 0 Å². The van der Waals surface area contributed by atoms with Gasteiger partial charge in [-0.25, -0.2) is 4.79 Å². The van der Waals surface area contributed by atoms with Crippen LogP contribution >= 0.6 is 0 Å². The van der Waals surface area contributed by atoms with Gasteiger partial charge in [-0.2, -0.15) is 0 Å². The first kappa shape index (κ1) is 14.6. The van der Waals surface area contributed by atoms with E-state index in [-0.39, 0.29) is 16.9 Å². The largest absolute Gasteiger partial charge is 0.478 e. The summed E-state index contributed by atoms with van der Waals surface area (Å²) in [5.74, 6) is -1.06. The van der Waals surface area contributed by atoms with Gasteiger partial charge < -0.3 is 10.0 Å². The molecule has 1 saturated heterocycles. The Morgan fingerprint density at radius 2 is 1.95 bits per heavy atom. The lowest BCUT2D eigenvalue weighted by molar-refractivity contribution is 0.0696. The molecule has 1 atom stereocenters. The lowest BCUT2D eigenvalue weighted by atomic mass is 9.87. The molecule has 1 N–H and O–H groups in total. The van der Waals surface area contributed by atoms with Crippen molar-refractivity contribution in [3.63, 3.8) is 0 Å². The van der Waals surface area contributed by atoms with E-state index in [1.54, 1.807) is 12.1 Å². The van der Waals surface area contributed by atoms with E-state index in [2.05, 4.69) is 13.8 Å². The number of aryl methyl sites for hydroxylation is 1. The smallest absolute Gasteiger partial charge is 0.335 e. The molecule has 0 aromatic heterocycles. The zero-order valence-electron chi connectivity index (χ0n) is 12.3. The van der Waals surface area contributed by atoms with Crippen molar-refractivity contribution in [2.45, 2.75) is 33.6 Å². The maximum Gasteiger partial charge on any atom is 0.335 e. The van der Waals surface area contributed by atoms with E-state index in [1.807, 2.05) is 11.8 Å². The van der Waals surface area contributed by atoms with Gasteiger partial charge in [-0.1, -0.05) is 13.8 Å². The second-order valence-corrected chi connectivity index (χ2v) is 6.03. The molecule has 1 fully saturated rings. The van der Waals surface area contributed by atoms with E-state index < -0.39 is 5.97 Å². The minimum absolute atomic E-state index is 0.0617. The second-order valence-electron chi connectivity index (χ2n) is 6.03. The number of rotatable bonds is 3. The molecular weight excluding hydrogens is 254 g/mol. The van der Waals surface area contributed by atoms with Crippen LogP contribution in [0.4, 0.5) is 0 Å². The monoisotopic (exact) mass is 275 g/mol. The summed E-state index contributed by atoms with van der Waals surface area (Å²) in [4.78, 5) is 25.4. The van der Waals surface area contributed by atoms with E-state index in [4.69, 9.17) is 5.11 Å². The van der Waals surface area contributed by atoms with Crippen molar-refractivity contribution in [3.05, 3.63) is 34.9 Å². The molecule has 0 spiro atoms. The predicted molar refractivity (Wildman–Crippen MR) is 77.1 cm³/mol. The number of carbonyl (C=O) groups excluding carboxylic acids is 1. The second kappa shape index (κ2) is 5.27. The molecule has 0 radical (unpaired) electrons. The van der Waals surface area contributed by atoms with Crippen LogP contribution in [0.2, 0.25) is 0 Å². The topological polar surface area (TPSA) is 57.6 Å². The van der Waals surface area contributed by atoms with Crippen molar-refractivity contribution in [2.24, 2.45) is 5.41 Å². The summed E-state index contributed by atoms with van der Waals surface area (Å²) in [6.07, 6.45) is 2.05. The van der Waals surface area contributed by atoms with Gasteiger partial charge in [0.15, 0.2) is 0 Å². The Kier molecular flexibility index (Phi) is 3.84. The molecule has 1 unspecified atom stereocenters. The van der Waals surface area contributed by atoms with Crippen molar-refractivity contribution in [3.8, 4) is 0 Å². The van der Waals surface area contributed by atoms with Crippen molar-refractivity contribution in [1.82, 2.24) is 4.90 Å². The van der Waals surface area contributed by atoms with Crippen molar-refractivity contribution >= 4 is 11.9 Å². The maximum absolute atomic E-state index is 12.5. The first-order chi connectivity index (χ1) is 9.34.